The predicted molar refractivity (Wildman–Crippen MR) is 70.3 cm³/mol. The molecule has 102 valence electrons. The lowest BCUT2D eigenvalue weighted by Gasteiger charge is -2.17. The van der Waals surface area contributed by atoms with Gasteiger partial charge in [-0.2, -0.15) is 5.10 Å². The Morgan fingerprint density at radius 1 is 1.33 bits per heavy atom. The summed E-state index contributed by atoms with van der Waals surface area (Å²) in [5, 5.41) is 15.7. The van der Waals surface area contributed by atoms with Crippen LogP contribution in [0.1, 0.15) is 36.2 Å². The van der Waals surface area contributed by atoms with Crippen molar-refractivity contribution in [2.24, 2.45) is 0 Å². The van der Waals surface area contributed by atoms with Gasteiger partial charge in [0, 0.05) is 31.5 Å². The van der Waals surface area contributed by atoms with Crippen LogP contribution in [0.5, 0.6) is 0 Å². The van der Waals surface area contributed by atoms with E-state index in [0.717, 1.165) is 42.8 Å². The van der Waals surface area contributed by atoms with Gasteiger partial charge in [-0.15, -0.1) is 0 Å². The number of hydrogen-bond acceptors (Lipinski definition) is 3. The van der Waals surface area contributed by atoms with E-state index >= 15 is 0 Å². The summed E-state index contributed by atoms with van der Waals surface area (Å²) in [4.78, 5) is 13.8. The fraction of sp³-hybridized carbons (Fsp3) is 0.692. The molecule has 0 radical (unpaired) electrons. The lowest BCUT2D eigenvalue weighted by Crippen LogP contribution is -2.29. The van der Waals surface area contributed by atoms with Crippen molar-refractivity contribution >= 4 is 5.91 Å². The Kier molecular flexibility index (Phi) is 5.85. The number of aromatic amines is 1. The number of nitrogens with one attached hydrogen (secondary N) is 1. The molecule has 0 saturated heterocycles. The summed E-state index contributed by atoms with van der Waals surface area (Å²) < 4.78 is 0. The number of aromatic nitrogens is 2. The third-order valence-electron chi connectivity index (χ3n) is 3.19. The second-order valence-corrected chi connectivity index (χ2v) is 4.69. The maximum atomic E-state index is 12.0. The lowest BCUT2D eigenvalue weighted by atomic mass is 10.1. The van der Waals surface area contributed by atoms with Crippen molar-refractivity contribution in [1.82, 2.24) is 15.1 Å². The van der Waals surface area contributed by atoms with E-state index in [9.17, 15) is 4.79 Å². The topological polar surface area (TPSA) is 69.2 Å². The number of nitrogens with zero attached hydrogens (tertiary/aromatic N) is 2. The van der Waals surface area contributed by atoms with E-state index < -0.39 is 0 Å². The number of rotatable bonds is 7. The van der Waals surface area contributed by atoms with Gasteiger partial charge in [0.15, 0.2) is 0 Å². The van der Waals surface area contributed by atoms with E-state index in [1.807, 2.05) is 20.9 Å². The molecule has 2 N–H and O–H groups in total. The van der Waals surface area contributed by atoms with E-state index in [2.05, 4.69) is 10.2 Å². The quantitative estimate of drug-likeness (QED) is 0.717. The minimum atomic E-state index is 0.117. The van der Waals surface area contributed by atoms with E-state index in [1.165, 1.54) is 0 Å². The summed E-state index contributed by atoms with van der Waals surface area (Å²) >= 11 is 0. The van der Waals surface area contributed by atoms with Gasteiger partial charge in [-0.25, -0.2) is 0 Å². The van der Waals surface area contributed by atoms with Crippen LogP contribution in [0, 0.1) is 13.8 Å². The van der Waals surface area contributed by atoms with Crippen LogP contribution >= 0.6 is 0 Å². The maximum Gasteiger partial charge on any atom is 0.226 e. The molecule has 0 aliphatic rings. The fourth-order valence-corrected chi connectivity index (χ4v) is 1.88. The van der Waals surface area contributed by atoms with Crippen molar-refractivity contribution in [2.75, 3.05) is 20.2 Å². The molecular formula is C13H23N3O2. The van der Waals surface area contributed by atoms with Crippen LogP contribution in [0.2, 0.25) is 0 Å². The molecule has 0 aromatic carbocycles. The highest BCUT2D eigenvalue weighted by Gasteiger charge is 2.14. The number of aryl methyl sites for hydroxylation is 2. The van der Waals surface area contributed by atoms with Crippen LogP contribution in [0.3, 0.4) is 0 Å². The molecule has 1 aromatic rings. The van der Waals surface area contributed by atoms with Crippen molar-refractivity contribution in [3.05, 3.63) is 17.0 Å². The van der Waals surface area contributed by atoms with Gasteiger partial charge < -0.3 is 10.0 Å². The molecule has 1 aromatic heterocycles. The highest BCUT2D eigenvalue weighted by molar-refractivity contribution is 5.79. The first-order valence-electron chi connectivity index (χ1n) is 6.41. The fourth-order valence-electron chi connectivity index (χ4n) is 1.88. The van der Waals surface area contributed by atoms with Crippen molar-refractivity contribution in [2.45, 2.75) is 39.5 Å². The summed E-state index contributed by atoms with van der Waals surface area (Å²) in [5.41, 5.74) is 2.87. The highest BCUT2D eigenvalue weighted by atomic mass is 16.2. The zero-order chi connectivity index (χ0) is 13.5. The van der Waals surface area contributed by atoms with Crippen molar-refractivity contribution in [3.63, 3.8) is 0 Å². The predicted octanol–water partition coefficient (Wildman–Crippen LogP) is 1.19. The molecule has 1 amide bonds. The molecule has 5 heteroatoms. The molecule has 0 unspecified atom stereocenters. The van der Waals surface area contributed by atoms with Crippen LogP contribution in [0.15, 0.2) is 0 Å². The molecule has 0 fully saturated rings. The number of carbonyl (C=O) groups excluding carboxylic acids is 1. The van der Waals surface area contributed by atoms with Crippen LogP contribution in [-0.2, 0) is 11.2 Å². The molecule has 5 nitrogen and oxygen atoms in total. The Balaban J connectivity index is 2.40. The molecule has 18 heavy (non-hydrogen) atoms. The summed E-state index contributed by atoms with van der Waals surface area (Å²) in [7, 11) is 1.83. The van der Waals surface area contributed by atoms with Crippen LogP contribution in [-0.4, -0.2) is 46.3 Å². The number of aliphatic hydroxyl groups excluding tert-OH is 1. The molecule has 0 atom stereocenters. The molecular weight excluding hydrogens is 230 g/mol. The summed E-state index contributed by atoms with van der Waals surface area (Å²) in [6.45, 7) is 4.82. The monoisotopic (exact) mass is 253 g/mol. The molecule has 0 bridgehead atoms. The number of hydrogen-bond donors (Lipinski definition) is 2. The van der Waals surface area contributed by atoms with Crippen LogP contribution < -0.4 is 0 Å². The number of likely N-dealkylation sites (N-methyl/N-ethyl adjacent to an activating group) is 1. The average Bonchev–Trinajstić information content (AvgIpc) is 2.66. The van der Waals surface area contributed by atoms with Crippen LogP contribution in [0.25, 0.3) is 0 Å². The lowest BCUT2D eigenvalue weighted by molar-refractivity contribution is -0.129. The molecule has 1 heterocycles. The number of carbonyl (C=O) groups is 1. The van der Waals surface area contributed by atoms with E-state index in [4.69, 9.17) is 5.11 Å². The minimum absolute atomic E-state index is 0.117. The van der Waals surface area contributed by atoms with E-state index in [0.29, 0.717) is 6.42 Å². The van der Waals surface area contributed by atoms with Gasteiger partial charge in [-0.3, -0.25) is 9.89 Å². The van der Waals surface area contributed by atoms with Crippen molar-refractivity contribution in [1.29, 1.82) is 0 Å². The Morgan fingerprint density at radius 3 is 2.61 bits per heavy atom. The standard InChI is InChI=1S/C13H23N3O2/c1-10-12(11(2)15-14-10)9-13(18)16(3)7-5-4-6-8-17/h17H,4-9H2,1-3H3,(H,14,15). The summed E-state index contributed by atoms with van der Waals surface area (Å²) in [6.07, 6.45) is 3.11. The Morgan fingerprint density at radius 2 is 2.06 bits per heavy atom. The maximum absolute atomic E-state index is 12.0. The zero-order valence-corrected chi connectivity index (χ0v) is 11.5. The van der Waals surface area contributed by atoms with E-state index in [1.54, 1.807) is 4.90 Å². The Labute approximate surface area is 108 Å². The smallest absolute Gasteiger partial charge is 0.226 e. The van der Waals surface area contributed by atoms with Gasteiger partial charge in [-0.05, 0) is 33.1 Å². The molecule has 1 rings (SSSR count). The van der Waals surface area contributed by atoms with Crippen LogP contribution in [0.4, 0.5) is 0 Å². The second-order valence-electron chi connectivity index (χ2n) is 4.69. The van der Waals surface area contributed by atoms with Gasteiger partial charge in [0.2, 0.25) is 5.91 Å². The van der Waals surface area contributed by atoms with Gasteiger partial charge in [0.25, 0.3) is 0 Å². The van der Waals surface area contributed by atoms with Gasteiger partial charge in [-0.1, -0.05) is 0 Å². The molecule has 0 saturated carbocycles. The SMILES string of the molecule is Cc1n[nH]c(C)c1CC(=O)N(C)CCCCCO. The summed E-state index contributed by atoms with van der Waals surface area (Å²) in [6, 6.07) is 0. The van der Waals surface area contributed by atoms with Gasteiger partial charge in [0.1, 0.15) is 0 Å². The highest BCUT2D eigenvalue weighted by Crippen LogP contribution is 2.11. The number of amides is 1. The first-order valence-corrected chi connectivity index (χ1v) is 6.41. The number of unbranched alkanes of at least 4 members (excludes halogenated alkanes) is 2. The third kappa shape index (κ3) is 4.14. The number of H-pyrrole nitrogens is 1. The Bertz CT molecular complexity index is 368. The van der Waals surface area contributed by atoms with Gasteiger partial charge >= 0.3 is 0 Å². The van der Waals surface area contributed by atoms with Crippen molar-refractivity contribution < 1.29 is 9.90 Å². The van der Waals surface area contributed by atoms with Crippen molar-refractivity contribution in [3.8, 4) is 0 Å². The average molecular weight is 253 g/mol. The second kappa shape index (κ2) is 7.16. The molecule has 0 aliphatic heterocycles. The largest absolute Gasteiger partial charge is 0.396 e. The normalized spacial score (nSPS) is 10.7. The summed E-state index contributed by atoms with van der Waals surface area (Å²) in [5.74, 6) is 0.117. The molecule has 0 spiro atoms. The first-order chi connectivity index (χ1) is 8.56. The van der Waals surface area contributed by atoms with Gasteiger partial charge in [0.05, 0.1) is 12.1 Å². The van der Waals surface area contributed by atoms with E-state index in [-0.39, 0.29) is 12.5 Å². The third-order valence-corrected chi connectivity index (χ3v) is 3.19. The molecule has 0 aliphatic carbocycles. The minimum Gasteiger partial charge on any atom is -0.396 e. The Hall–Kier alpha value is -1.36. The number of aliphatic hydroxyl groups is 1. The zero-order valence-electron chi connectivity index (χ0n) is 11.5. The first kappa shape index (κ1) is 14.7.